The highest BCUT2D eigenvalue weighted by atomic mass is 35.5. The third-order valence-electron chi connectivity index (χ3n) is 8.12. The number of nitrogens with zero attached hydrogens (tertiary/aromatic N) is 8. The van der Waals surface area contributed by atoms with E-state index in [0.717, 1.165) is 81.0 Å². The van der Waals surface area contributed by atoms with Crippen molar-refractivity contribution in [1.82, 2.24) is 24.6 Å². The van der Waals surface area contributed by atoms with E-state index in [1.54, 1.807) is 6.92 Å². The summed E-state index contributed by atoms with van der Waals surface area (Å²) in [6.07, 6.45) is 3.23. The van der Waals surface area contributed by atoms with E-state index >= 15 is 0 Å². The van der Waals surface area contributed by atoms with Crippen LogP contribution in [-0.2, 0) is 13.1 Å². The first-order valence-electron chi connectivity index (χ1n) is 12.3. The molecule has 2 aromatic heterocycles. The molecule has 5 heterocycles. The molecule has 3 fully saturated rings. The molecule has 7 rings (SSSR count). The second kappa shape index (κ2) is 7.64. The summed E-state index contributed by atoms with van der Waals surface area (Å²) in [4.78, 5) is 11.1. The van der Waals surface area contributed by atoms with Gasteiger partial charge in [-0.15, -0.1) is 10.2 Å². The van der Waals surface area contributed by atoms with E-state index in [0.29, 0.717) is 17.1 Å². The molecule has 10 heteroatoms. The molecule has 0 bridgehead atoms. The molecule has 0 N–H and O–H groups in total. The summed E-state index contributed by atoms with van der Waals surface area (Å²) in [7, 11) is 0. The summed E-state index contributed by atoms with van der Waals surface area (Å²) in [5, 5.41) is 19.6. The lowest BCUT2D eigenvalue weighted by molar-refractivity contribution is 0.153. The summed E-state index contributed by atoms with van der Waals surface area (Å²) < 4.78 is 15.8. The number of benzene rings is 1. The molecular weight excluding hydrogens is 479 g/mol. The van der Waals surface area contributed by atoms with Gasteiger partial charge in [-0.3, -0.25) is 9.47 Å². The first-order chi connectivity index (χ1) is 17.4. The number of nitriles is 1. The number of anilines is 2. The Bertz CT molecular complexity index is 1410. The molecule has 4 aliphatic rings. The van der Waals surface area contributed by atoms with Gasteiger partial charge in [0.2, 0.25) is 5.95 Å². The van der Waals surface area contributed by atoms with E-state index in [-0.39, 0.29) is 16.6 Å². The van der Waals surface area contributed by atoms with Gasteiger partial charge in [-0.1, -0.05) is 11.6 Å². The van der Waals surface area contributed by atoms with Crippen molar-refractivity contribution in [3.63, 3.8) is 0 Å². The van der Waals surface area contributed by atoms with Gasteiger partial charge in [0.05, 0.1) is 29.9 Å². The van der Waals surface area contributed by atoms with Crippen LogP contribution in [0.2, 0.25) is 5.02 Å². The fraction of sp³-hybridized carbons (Fsp3) is 0.462. The van der Waals surface area contributed by atoms with Crippen LogP contribution in [0.4, 0.5) is 16.2 Å². The zero-order chi connectivity index (χ0) is 24.7. The normalized spacial score (nSPS) is 21.2. The third-order valence-corrected chi connectivity index (χ3v) is 8.35. The summed E-state index contributed by atoms with van der Waals surface area (Å²) in [6.45, 7) is 7.47. The molecular formula is C26H26ClFN8. The van der Waals surface area contributed by atoms with Gasteiger partial charge in [-0.2, -0.15) is 5.26 Å². The monoisotopic (exact) mass is 504 g/mol. The quantitative estimate of drug-likeness (QED) is 0.536. The third kappa shape index (κ3) is 3.46. The van der Waals surface area contributed by atoms with E-state index < -0.39 is 0 Å². The van der Waals surface area contributed by atoms with Crippen molar-refractivity contribution in [2.24, 2.45) is 10.8 Å². The van der Waals surface area contributed by atoms with Crippen LogP contribution >= 0.6 is 11.6 Å². The molecule has 3 aliphatic heterocycles. The lowest BCUT2D eigenvalue weighted by atomic mass is 9.73. The highest BCUT2D eigenvalue weighted by Gasteiger charge is 2.53. The van der Waals surface area contributed by atoms with Gasteiger partial charge in [-0.25, -0.2) is 9.37 Å². The molecule has 2 saturated heterocycles. The molecule has 184 valence electrons. The average molecular weight is 505 g/mol. The Balaban J connectivity index is 1.12. The van der Waals surface area contributed by atoms with E-state index in [4.69, 9.17) is 11.6 Å². The first kappa shape index (κ1) is 22.0. The second-order valence-corrected chi connectivity index (χ2v) is 11.5. The van der Waals surface area contributed by atoms with Crippen LogP contribution < -0.4 is 9.80 Å². The van der Waals surface area contributed by atoms with Crippen molar-refractivity contribution in [3.8, 4) is 11.8 Å². The molecule has 36 heavy (non-hydrogen) atoms. The number of hydrogen-bond acceptors (Lipinski definition) is 7. The number of aromatic nitrogens is 4. The second-order valence-electron chi connectivity index (χ2n) is 11.1. The van der Waals surface area contributed by atoms with Crippen molar-refractivity contribution < 1.29 is 4.39 Å². The predicted octanol–water partition coefficient (Wildman–Crippen LogP) is 3.71. The topological polar surface area (TPSA) is 77.1 Å². The Morgan fingerprint density at radius 2 is 1.86 bits per heavy atom. The van der Waals surface area contributed by atoms with Crippen molar-refractivity contribution in [2.45, 2.75) is 32.9 Å². The van der Waals surface area contributed by atoms with E-state index in [2.05, 4.69) is 46.6 Å². The molecule has 0 radical (unpaired) electrons. The van der Waals surface area contributed by atoms with Crippen LogP contribution in [0.1, 0.15) is 29.8 Å². The van der Waals surface area contributed by atoms with Gasteiger partial charge in [-0.05, 0) is 55.2 Å². The van der Waals surface area contributed by atoms with Crippen molar-refractivity contribution in [1.29, 1.82) is 5.26 Å². The van der Waals surface area contributed by atoms with E-state index in [9.17, 15) is 9.65 Å². The summed E-state index contributed by atoms with van der Waals surface area (Å²) in [5.74, 6) is 2.32. The number of pyridine rings is 1. The Hall–Kier alpha value is -3.22. The first-order valence-corrected chi connectivity index (χ1v) is 12.7. The maximum Gasteiger partial charge on any atom is 0.231 e. The highest BCUT2D eigenvalue weighted by Crippen LogP contribution is 2.47. The number of aryl methyl sites for hydroxylation is 1. The van der Waals surface area contributed by atoms with E-state index in [1.807, 2.05) is 18.2 Å². The molecule has 0 atom stereocenters. The van der Waals surface area contributed by atoms with E-state index in [1.165, 1.54) is 6.20 Å². The van der Waals surface area contributed by atoms with Crippen LogP contribution in [0.5, 0.6) is 0 Å². The number of halogens is 2. The molecule has 8 nitrogen and oxygen atoms in total. The Labute approximate surface area is 213 Å². The molecule has 1 aliphatic carbocycles. The highest BCUT2D eigenvalue weighted by molar-refractivity contribution is 6.30. The SMILES string of the molecule is Cc1cc(N2CC3(C2)CN(c2nnc4n2-c2ccc(Cl)cc2CN(CC2(C#N)CC2)C4)C3)ncc1F. The van der Waals surface area contributed by atoms with Gasteiger partial charge in [0.25, 0.3) is 0 Å². The van der Waals surface area contributed by atoms with Gasteiger partial charge in [0, 0.05) is 49.7 Å². The minimum absolute atomic E-state index is 0.196. The molecule has 1 spiro atoms. The zero-order valence-corrected chi connectivity index (χ0v) is 20.8. The van der Waals surface area contributed by atoms with Crippen molar-refractivity contribution in [2.75, 3.05) is 42.5 Å². The minimum atomic E-state index is -0.267. The fourth-order valence-corrected chi connectivity index (χ4v) is 6.18. The Morgan fingerprint density at radius 3 is 2.58 bits per heavy atom. The molecule has 1 aromatic carbocycles. The minimum Gasteiger partial charge on any atom is -0.355 e. The molecule has 0 unspecified atom stereocenters. The zero-order valence-electron chi connectivity index (χ0n) is 20.1. The van der Waals surface area contributed by atoms with Gasteiger partial charge >= 0.3 is 0 Å². The smallest absolute Gasteiger partial charge is 0.231 e. The van der Waals surface area contributed by atoms with Gasteiger partial charge < -0.3 is 9.80 Å². The van der Waals surface area contributed by atoms with Crippen LogP contribution in [0.25, 0.3) is 5.69 Å². The maximum absolute atomic E-state index is 13.6. The number of hydrogen-bond donors (Lipinski definition) is 0. The Kier molecular flexibility index (Phi) is 4.67. The Morgan fingerprint density at radius 1 is 1.08 bits per heavy atom. The summed E-state index contributed by atoms with van der Waals surface area (Å²) >= 11 is 6.39. The average Bonchev–Trinajstić information content (AvgIpc) is 3.49. The number of fused-ring (bicyclic) bond motifs is 3. The largest absolute Gasteiger partial charge is 0.355 e. The van der Waals surface area contributed by atoms with Crippen LogP contribution in [-0.4, -0.2) is 57.4 Å². The summed E-state index contributed by atoms with van der Waals surface area (Å²) in [6, 6.07) is 10.3. The van der Waals surface area contributed by atoms with Gasteiger partial charge in [0.15, 0.2) is 5.82 Å². The molecule has 1 saturated carbocycles. The molecule has 3 aromatic rings. The standard InChI is InChI=1S/C26H26ClFN8/c1-17-6-22(30-8-20(17)28)34-13-26(14-34)15-35(16-26)24-32-31-23-10-33(12-25(11-29)4-5-25)9-18-7-19(27)2-3-21(18)36(23)24/h2-3,6-8H,4-5,9-10,12-16H2,1H3. The van der Waals surface area contributed by atoms with Crippen LogP contribution in [0.3, 0.4) is 0 Å². The maximum atomic E-state index is 13.6. The van der Waals surface area contributed by atoms with Crippen molar-refractivity contribution >= 4 is 23.4 Å². The molecule has 0 amide bonds. The fourth-order valence-electron chi connectivity index (χ4n) is 5.98. The number of rotatable bonds is 4. The van der Waals surface area contributed by atoms with Crippen LogP contribution in [0, 0.1) is 34.9 Å². The van der Waals surface area contributed by atoms with Gasteiger partial charge in [0.1, 0.15) is 11.6 Å². The van der Waals surface area contributed by atoms with Crippen molar-refractivity contribution in [3.05, 3.63) is 58.3 Å². The lowest BCUT2D eigenvalue weighted by Gasteiger charge is -2.60. The van der Waals surface area contributed by atoms with Crippen LogP contribution in [0.15, 0.2) is 30.5 Å². The predicted molar refractivity (Wildman–Crippen MR) is 134 cm³/mol. The lowest BCUT2D eigenvalue weighted by Crippen LogP contribution is -2.73. The summed E-state index contributed by atoms with van der Waals surface area (Å²) in [5.41, 5.74) is 2.77.